The molecule has 1 aromatic carbocycles. The molecule has 0 radical (unpaired) electrons. The van der Waals surface area contributed by atoms with E-state index in [0.717, 1.165) is 12.1 Å². The number of amides is 2. The van der Waals surface area contributed by atoms with Crippen molar-refractivity contribution in [3.8, 4) is 0 Å². The van der Waals surface area contributed by atoms with Crippen LogP contribution in [0.5, 0.6) is 0 Å². The van der Waals surface area contributed by atoms with Crippen molar-refractivity contribution in [3.63, 3.8) is 0 Å². The summed E-state index contributed by atoms with van der Waals surface area (Å²) in [5.41, 5.74) is 0.261. The highest BCUT2D eigenvalue weighted by Crippen LogP contribution is 2.33. The molecule has 1 saturated heterocycles. The second kappa shape index (κ2) is 6.20. The maximum atomic E-state index is 13.1. The van der Waals surface area contributed by atoms with Gasteiger partial charge < -0.3 is 5.32 Å². The van der Waals surface area contributed by atoms with Crippen LogP contribution in [-0.4, -0.2) is 28.8 Å². The van der Waals surface area contributed by atoms with Gasteiger partial charge in [0.1, 0.15) is 11.9 Å². The van der Waals surface area contributed by atoms with E-state index in [1.54, 1.807) is 0 Å². The van der Waals surface area contributed by atoms with Gasteiger partial charge in [-0.25, -0.2) is 4.39 Å². The van der Waals surface area contributed by atoms with Crippen molar-refractivity contribution < 1.29 is 14.0 Å². The number of halogens is 3. The molecule has 2 amide bonds. The monoisotopic (exact) mass is 332 g/mol. The Morgan fingerprint density at radius 3 is 2.48 bits per heavy atom. The SMILES string of the molecule is CCC(C)N1C(=O)CC(Nc2c(Cl)cc(F)cc2Cl)C1=O. The molecule has 1 aliphatic heterocycles. The molecule has 4 nitrogen and oxygen atoms in total. The van der Waals surface area contributed by atoms with E-state index in [1.165, 1.54) is 4.90 Å². The molecule has 1 aromatic rings. The van der Waals surface area contributed by atoms with Crippen LogP contribution in [0.2, 0.25) is 10.0 Å². The molecule has 0 aromatic heterocycles. The third kappa shape index (κ3) is 3.14. The van der Waals surface area contributed by atoms with Crippen LogP contribution in [0.3, 0.4) is 0 Å². The van der Waals surface area contributed by atoms with E-state index in [0.29, 0.717) is 6.42 Å². The molecule has 0 spiro atoms. The number of rotatable bonds is 4. The van der Waals surface area contributed by atoms with Gasteiger partial charge in [0.05, 0.1) is 22.2 Å². The highest BCUT2D eigenvalue weighted by atomic mass is 35.5. The number of anilines is 1. The van der Waals surface area contributed by atoms with Gasteiger partial charge in [0.25, 0.3) is 5.91 Å². The van der Waals surface area contributed by atoms with Gasteiger partial charge in [-0.15, -0.1) is 0 Å². The number of carbonyl (C=O) groups is 2. The summed E-state index contributed by atoms with van der Waals surface area (Å²) in [5.74, 6) is -1.11. The fourth-order valence-corrected chi connectivity index (χ4v) is 2.83. The number of likely N-dealkylation sites (tertiary alicyclic amines) is 1. The van der Waals surface area contributed by atoms with Crippen molar-refractivity contribution in [1.29, 1.82) is 0 Å². The first kappa shape index (κ1) is 16.0. The van der Waals surface area contributed by atoms with Crippen LogP contribution in [0.1, 0.15) is 26.7 Å². The summed E-state index contributed by atoms with van der Waals surface area (Å²) in [6, 6.07) is 1.32. The van der Waals surface area contributed by atoms with Gasteiger partial charge in [-0.3, -0.25) is 14.5 Å². The molecular formula is C14H15Cl2FN2O2. The van der Waals surface area contributed by atoms with Crippen molar-refractivity contribution in [2.45, 2.75) is 38.8 Å². The molecule has 2 unspecified atom stereocenters. The minimum Gasteiger partial charge on any atom is -0.371 e. The van der Waals surface area contributed by atoms with E-state index in [-0.39, 0.29) is 40.0 Å². The summed E-state index contributed by atoms with van der Waals surface area (Å²) in [6.45, 7) is 3.72. The maximum Gasteiger partial charge on any atom is 0.252 e. The minimum absolute atomic E-state index is 0.0349. The summed E-state index contributed by atoms with van der Waals surface area (Å²) in [7, 11) is 0. The topological polar surface area (TPSA) is 49.4 Å². The molecule has 114 valence electrons. The van der Waals surface area contributed by atoms with E-state index in [1.807, 2.05) is 13.8 Å². The second-order valence-corrected chi connectivity index (χ2v) is 5.82. The lowest BCUT2D eigenvalue weighted by Crippen LogP contribution is -2.40. The first-order valence-electron chi connectivity index (χ1n) is 6.62. The van der Waals surface area contributed by atoms with Crippen LogP contribution in [0, 0.1) is 5.82 Å². The Bertz CT molecular complexity index is 571. The smallest absolute Gasteiger partial charge is 0.252 e. The zero-order valence-corrected chi connectivity index (χ0v) is 13.1. The number of imide groups is 1. The van der Waals surface area contributed by atoms with Crippen LogP contribution in [-0.2, 0) is 9.59 Å². The molecule has 1 aliphatic rings. The lowest BCUT2D eigenvalue weighted by molar-refractivity contribution is -0.140. The summed E-state index contributed by atoms with van der Waals surface area (Å²) in [6.07, 6.45) is 0.718. The first-order chi connectivity index (χ1) is 9.85. The van der Waals surface area contributed by atoms with Crippen LogP contribution < -0.4 is 5.32 Å². The molecule has 1 N–H and O–H groups in total. The van der Waals surface area contributed by atoms with Crippen molar-refractivity contribution in [2.75, 3.05) is 5.32 Å². The van der Waals surface area contributed by atoms with Crippen LogP contribution in [0.25, 0.3) is 0 Å². The molecule has 0 aliphatic carbocycles. The Morgan fingerprint density at radius 2 is 1.95 bits per heavy atom. The molecule has 21 heavy (non-hydrogen) atoms. The van der Waals surface area contributed by atoms with Gasteiger partial charge in [-0.05, 0) is 25.5 Å². The normalized spacial score (nSPS) is 20.0. The molecule has 1 heterocycles. The highest BCUT2D eigenvalue weighted by Gasteiger charge is 2.41. The van der Waals surface area contributed by atoms with Gasteiger partial charge in [0.15, 0.2) is 0 Å². The largest absolute Gasteiger partial charge is 0.371 e. The minimum atomic E-state index is -0.730. The zero-order valence-electron chi connectivity index (χ0n) is 11.6. The van der Waals surface area contributed by atoms with E-state index in [4.69, 9.17) is 23.2 Å². The highest BCUT2D eigenvalue weighted by molar-refractivity contribution is 6.39. The van der Waals surface area contributed by atoms with Crippen molar-refractivity contribution >= 4 is 40.7 Å². The number of nitrogens with zero attached hydrogens (tertiary/aromatic N) is 1. The number of benzene rings is 1. The first-order valence-corrected chi connectivity index (χ1v) is 7.37. The maximum absolute atomic E-state index is 13.1. The van der Waals surface area contributed by atoms with E-state index < -0.39 is 11.9 Å². The van der Waals surface area contributed by atoms with Crippen LogP contribution in [0.4, 0.5) is 10.1 Å². The van der Waals surface area contributed by atoms with Crippen LogP contribution in [0.15, 0.2) is 12.1 Å². The van der Waals surface area contributed by atoms with E-state index in [9.17, 15) is 14.0 Å². The molecule has 2 rings (SSSR count). The van der Waals surface area contributed by atoms with Gasteiger partial charge in [-0.2, -0.15) is 0 Å². The molecule has 0 bridgehead atoms. The molecule has 0 saturated carbocycles. The van der Waals surface area contributed by atoms with Gasteiger partial charge >= 0.3 is 0 Å². The Labute approximate surface area is 132 Å². The Kier molecular flexibility index (Phi) is 4.74. The van der Waals surface area contributed by atoms with Crippen molar-refractivity contribution in [1.82, 2.24) is 4.90 Å². The summed E-state index contributed by atoms with van der Waals surface area (Å²) < 4.78 is 13.1. The summed E-state index contributed by atoms with van der Waals surface area (Å²) in [5, 5.41) is 2.99. The average Bonchev–Trinajstić information content (AvgIpc) is 2.68. The zero-order chi connectivity index (χ0) is 15.7. The second-order valence-electron chi connectivity index (χ2n) is 5.00. The van der Waals surface area contributed by atoms with E-state index in [2.05, 4.69) is 5.32 Å². The van der Waals surface area contributed by atoms with Crippen molar-refractivity contribution in [2.24, 2.45) is 0 Å². The molecule has 1 fully saturated rings. The van der Waals surface area contributed by atoms with Gasteiger partial charge in [-0.1, -0.05) is 30.1 Å². The predicted molar refractivity (Wildman–Crippen MR) is 80.1 cm³/mol. The number of hydrogen-bond donors (Lipinski definition) is 1. The standard InChI is InChI=1S/C14H15Cl2FN2O2/c1-3-7(2)19-12(20)6-11(14(19)21)18-13-9(15)4-8(17)5-10(13)16/h4-5,7,11,18H,3,6H2,1-2H3. The third-order valence-corrected chi connectivity index (χ3v) is 4.14. The fraction of sp³-hybridized carbons (Fsp3) is 0.429. The third-order valence-electron chi connectivity index (χ3n) is 3.54. The Hall–Kier alpha value is -1.33. The lowest BCUT2D eigenvalue weighted by atomic mass is 10.2. The number of carbonyl (C=O) groups excluding carboxylic acids is 2. The Balaban J connectivity index is 2.22. The number of nitrogens with one attached hydrogen (secondary N) is 1. The fourth-order valence-electron chi connectivity index (χ4n) is 2.26. The van der Waals surface area contributed by atoms with E-state index >= 15 is 0 Å². The lowest BCUT2D eigenvalue weighted by Gasteiger charge is -2.22. The quantitative estimate of drug-likeness (QED) is 0.859. The van der Waals surface area contributed by atoms with Crippen LogP contribution >= 0.6 is 23.2 Å². The summed E-state index contributed by atoms with van der Waals surface area (Å²) >= 11 is 11.9. The summed E-state index contributed by atoms with van der Waals surface area (Å²) in [4.78, 5) is 25.5. The van der Waals surface area contributed by atoms with Gasteiger partial charge in [0, 0.05) is 6.04 Å². The van der Waals surface area contributed by atoms with Gasteiger partial charge in [0.2, 0.25) is 5.91 Å². The molecular weight excluding hydrogens is 318 g/mol. The molecule has 2 atom stereocenters. The predicted octanol–water partition coefficient (Wildman–Crippen LogP) is 3.47. The molecule has 7 heteroatoms. The average molecular weight is 333 g/mol. The number of hydrogen-bond acceptors (Lipinski definition) is 3. The Morgan fingerprint density at radius 1 is 1.38 bits per heavy atom. The van der Waals surface area contributed by atoms with Crippen molar-refractivity contribution in [3.05, 3.63) is 28.0 Å².